The van der Waals surface area contributed by atoms with E-state index in [1.54, 1.807) is 42.3 Å². The molecule has 0 bridgehead atoms. The number of carbonyl (C=O) groups is 1. The average molecular weight is 248 g/mol. The molecule has 0 radical (unpaired) electrons. The fourth-order valence-corrected chi connectivity index (χ4v) is 1.40. The summed E-state index contributed by atoms with van der Waals surface area (Å²) < 4.78 is 11.5. The van der Waals surface area contributed by atoms with Crippen LogP contribution in [0.2, 0.25) is 0 Å². The van der Waals surface area contributed by atoms with E-state index in [1.165, 1.54) is 0 Å². The van der Waals surface area contributed by atoms with E-state index in [9.17, 15) is 4.79 Å². The molecule has 2 aromatic rings. The minimum absolute atomic E-state index is 0.231. The molecule has 0 saturated carbocycles. The molecular weight excluding hydrogens is 234 g/mol. The number of benzene rings is 1. The van der Waals surface area contributed by atoms with Gasteiger partial charge in [-0.1, -0.05) is 18.2 Å². The molecule has 1 N–H and O–H groups in total. The van der Waals surface area contributed by atoms with Gasteiger partial charge in [-0.3, -0.25) is 14.6 Å². The number of nitrogens with one attached hydrogen (secondary N) is 1. The number of amides is 1. The number of hydrogen-bond donors (Lipinski definition) is 1. The molecule has 6 heteroatoms. The number of nitrogens with zero attached hydrogens (tertiary/aromatic N) is 2. The standard InChI is InChI=1S/C12H13N3O3/c1-17-8-7-15-9-11(18-14-15)13-12(16)10-5-3-2-4-6-10/h2-6,9H,7-8H2,1H3/p+1. The number of anilines is 1. The smallest absolute Gasteiger partial charge is 0.302 e. The molecule has 0 aliphatic heterocycles. The van der Waals surface area contributed by atoms with Crippen molar-refractivity contribution in [3.05, 3.63) is 42.1 Å². The fourth-order valence-electron chi connectivity index (χ4n) is 1.40. The van der Waals surface area contributed by atoms with Crippen molar-refractivity contribution in [1.29, 1.82) is 0 Å². The Morgan fingerprint density at radius 2 is 2.22 bits per heavy atom. The number of hydrogen-bond acceptors (Lipinski definition) is 4. The molecule has 0 atom stereocenters. The van der Waals surface area contributed by atoms with Crippen LogP contribution in [-0.2, 0) is 11.3 Å². The van der Waals surface area contributed by atoms with Gasteiger partial charge in [0.25, 0.3) is 12.1 Å². The highest BCUT2D eigenvalue weighted by Crippen LogP contribution is 2.05. The molecule has 1 amide bonds. The minimum Gasteiger partial charge on any atom is -0.378 e. The normalized spacial score (nSPS) is 10.3. The van der Waals surface area contributed by atoms with E-state index >= 15 is 0 Å². The molecule has 0 aliphatic carbocycles. The lowest BCUT2D eigenvalue weighted by Crippen LogP contribution is -2.36. The van der Waals surface area contributed by atoms with Crippen LogP contribution >= 0.6 is 0 Å². The summed E-state index contributed by atoms with van der Waals surface area (Å²) in [5, 5.41) is 6.37. The highest BCUT2D eigenvalue weighted by Gasteiger charge is 2.14. The third-order valence-corrected chi connectivity index (χ3v) is 2.31. The molecule has 0 aliphatic rings. The van der Waals surface area contributed by atoms with Gasteiger partial charge in [0.05, 0.1) is 0 Å². The van der Waals surface area contributed by atoms with Crippen LogP contribution in [0.3, 0.4) is 0 Å². The Balaban J connectivity index is 1.97. The zero-order valence-electron chi connectivity index (χ0n) is 10.00. The number of rotatable bonds is 5. The van der Waals surface area contributed by atoms with Crippen LogP contribution in [0.5, 0.6) is 0 Å². The van der Waals surface area contributed by atoms with Crippen molar-refractivity contribution in [2.24, 2.45) is 0 Å². The SMILES string of the molecule is COCC[n+]1cc(NC(=O)c2ccccc2)on1. The molecule has 6 nitrogen and oxygen atoms in total. The Hall–Kier alpha value is -2.21. The first-order valence-electron chi connectivity index (χ1n) is 5.51. The van der Waals surface area contributed by atoms with Gasteiger partial charge in [-0.2, -0.15) is 0 Å². The second-order valence-corrected chi connectivity index (χ2v) is 3.64. The summed E-state index contributed by atoms with van der Waals surface area (Å²) in [6.45, 7) is 1.10. The van der Waals surface area contributed by atoms with E-state index in [1.807, 2.05) is 6.07 Å². The highest BCUT2D eigenvalue weighted by molar-refractivity contribution is 6.03. The molecule has 18 heavy (non-hydrogen) atoms. The molecule has 0 saturated heterocycles. The van der Waals surface area contributed by atoms with E-state index in [0.717, 1.165) is 0 Å². The summed E-state index contributed by atoms with van der Waals surface area (Å²) >= 11 is 0. The van der Waals surface area contributed by atoms with Crippen LogP contribution in [0.4, 0.5) is 5.88 Å². The van der Waals surface area contributed by atoms with Crippen molar-refractivity contribution >= 4 is 11.8 Å². The summed E-state index contributed by atoms with van der Waals surface area (Å²) in [7, 11) is 1.61. The molecule has 94 valence electrons. The molecule has 1 aromatic carbocycles. The summed E-state index contributed by atoms with van der Waals surface area (Å²) in [6, 6.07) is 8.90. The van der Waals surface area contributed by atoms with E-state index in [4.69, 9.17) is 9.26 Å². The molecule has 0 fully saturated rings. The van der Waals surface area contributed by atoms with Crippen molar-refractivity contribution < 1.29 is 18.7 Å². The predicted octanol–water partition coefficient (Wildman–Crippen LogP) is 0.861. The topological polar surface area (TPSA) is 68.2 Å². The van der Waals surface area contributed by atoms with Gasteiger partial charge in [-0.15, -0.1) is 0 Å². The maximum Gasteiger partial charge on any atom is 0.302 e. The Labute approximate surface area is 104 Å². The Morgan fingerprint density at radius 1 is 1.44 bits per heavy atom. The molecule has 0 spiro atoms. The van der Waals surface area contributed by atoms with Gasteiger partial charge < -0.3 is 4.74 Å². The van der Waals surface area contributed by atoms with Crippen molar-refractivity contribution in [1.82, 2.24) is 5.27 Å². The lowest BCUT2D eigenvalue weighted by Gasteiger charge is -1.97. The summed E-state index contributed by atoms with van der Waals surface area (Å²) in [6.07, 6.45) is 1.61. The largest absolute Gasteiger partial charge is 0.378 e. The van der Waals surface area contributed by atoms with E-state index < -0.39 is 0 Å². The fraction of sp³-hybridized carbons (Fsp3) is 0.250. The van der Waals surface area contributed by atoms with Gasteiger partial charge in [0.2, 0.25) is 11.8 Å². The van der Waals surface area contributed by atoms with Gasteiger partial charge in [0.1, 0.15) is 6.61 Å². The van der Waals surface area contributed by atoms with Crippen LogP contribution in [0.1, 0.15) is 10.4 Å². The summed E-state index contributed by atoms with van der Waals surface area (Å²) in [5.74, 6) is 0.0746. The van der Waals surface area contributed by atoms with Crippen molar-refractivity contribution in [3.8, 4) is 0 Å². The maximum atomic E-state index is 11.8. The van der Waals surface area contributed by atoms with Crippen LogP contribution in [0.25, 0.3) is 0 Å². The summed E-state index contributed by atoms with van der Waals surface area (Å²) in [4.78, 5) is 11.8. The molecule has 1 aromatic heterocycles. The van der Waals surface area contributed by atoms with Crippen LogP contribution in [0, 0.1) is 0 Å². The predicted molar refractivity (Wildman–Crippen MR) is 63.0 cm³/mol. The lowest BCUT2D eigenvalue weighted by atomic mass is 10.2. The van der Waals surface area contributed by atoms with Gasteiger partial charge in [0.15, 0.2) is 0 Å². The monoisotopic (exact) mass is 248 g/mol. The zero-order chi connectivity index (χ0) is 12.8. The number of ether oxygens (including phenoxy) is 1. The molecule has 1 heterocycles. The van der Waals surface area contributed by atoms with Crippen molar-refractivity contribution in [3.63, 3.8) is 0 Å². The number of carbonyl (C=O) groups excluding carboxylic acids is 1. The van der Waals surface area contributed by atoms with Crippen molar-refractivity contribution in [2.45, 2.75) is 6.54 Å². The van der Waals surface area contributed by atoms with E-state index in [-0.39, 0.29) is 5.91 Å². The number of aromatic nitrogens is 2. The molecule has 0 unspecified atom stereocenters. The second kappa shape index (κ2) is 5.92. The third kappa shape index (κ3) is 3.14. The Kier molecular flexibility index (Phi) is 4.03. The number of methoxy groups -OCH3 is 1. The van der Waals surface area contributed by atoms with Gasteiger partial charge in [-0.05, 0) is 16.8 Å². The first kappa shape index (κ1) is 12.3. The average Bonchev–Trinajstić information content (AvgIpc) is 2.85. The molecular formula is C12H14N3O3+. The van der Waals surface area contributed by atoms with Gasteiger partial charge in [0, 0.05) is 12.7 Å². The van der Waals surface area contributed by atoms with E-state index in [2.05, 4.69) is 10.6 Å². The van der Waals surface area contributed by atoms with Crippen LogP contribution in [0.15, 0.2) is 41.1 Å². The van der Waals surface area contributed by atoms with Crippen LogP contribution in [-0.4, -0.2) is 24.9 Å². The van der Waals surface area contributed by atoms with Crippen LogP contribution < -0.4 is 10.00 Å². The molecule has 2 rings (SSSR count). The Bertz CT molecular complexity index is 510. The third-order valence-electron chi connectivity index (χ3n) is 2.31. The zero-order valence-corrected chi connectivity index (χ0v) is 10.00. The van der Waals surface area contributed by atoms with Gasteiger partial charge in [-0.25, -0.2) is 0 Å². The quantitative estimate of drug-likeness (QED) is 0.797. The lowest BCUT2D eigenvalue weighted by molar-refractivity contribution is -0.763. The Morgan fingerprint density at radius 3 is 2.94 bits per heavy atom. The highest BCUT2D eigenvalue weighted by atomic mass is 16.5. The maximum absolute atomic E-state index is 11.8. The van der Waals surface area contributed by atoms with Gasteiger partial charge >= 0.3 is 5.88 Å². The minimum atomic E-state index is -0.231. The summed E-state index contributed by atoms with van der Waals surface area (Å²) in [5.41, 5.74) is 0.567. The van der Waals surface area contributed by atoms with Crippen molar-refractivity contribution in [2.75, 3.05) is 19.0 Å². The van der Waals surface area contributed by atoms with E-state index in [0.29, 0.717) is 24.6 Å². The first-order chi connectivity index (χ1) is 8.79. The first-order valence-corrected chi connectivity index (χ1v) is 5.51. The second-order valence-electron chi connectivity index (χ2n) is 3.64.